The fraction of sp³-hybridized carbons (Fsp3) is 0.174. The molecule has 0 aliphatic carbocycles. The molecule has 1 atom stereocenters. The Morgan fingerprint density at radius 1 is 0.964 bits per heavy atom. The molecule has 0 spiro atoms. The summed E-state index contributed by atoms with van der Waals surface area (Å²) in [5.41, 5.74) is 2.71. The van der Waals surface area contributed by atoms with Crippen molar-refractivity contribution in [2.24, 2.45) is 0 Å². The van der Waals surface area contributed by atoms with Crippen molar-refractivity contribution in [2.75, 3.05) is 18.5 Å². The lowest BCUT2D eigenvalue weighted by atomic mass is 10.1. The molecule has 1 unspecified atom stereocenters. The van der Waals surface area contributed by atoms with Crippen molar-refractivity contribution in [1.29, 1.82) is 0 Å². The molecule has 3 rings (SSSR count). The molecule has 28 heavy (non-hydrogen) atoms. The highest BCUT2D eigenvalue weighted by atomic mass is 19.1. The van der Waals surface area contributed by atoms with E-state index < -0.39 is 11.9 Å². The summed E-state index contributed by atoms with van der Waals surface area (Å²) in [6.45, 7) is 2.62. The van der Waals surface area contributed by atoms with Crippen LogP contribution in [0.15, 0.2) is 78.9 Å². The van der Waals surface area contributed by atoms with Gasteiger partial charge in [-0.3, -0.25) is 10.1 Å². The Labute approximate surface area is 164 Å². The number of carbonyl (C=O) groups excluding carboxylic acids is 1. The minimum absolute atomic E-state index is 0.166. The van der Waals surface area contributed by atoms with Gasteiger partial charge in [0.2, 0.25) is 5.91 Å². The summed E-state index contributed by atoms with van der Waals surface area (Å²) in [4.78, 5) is 12.8. The lowest BCUT2D eigenvalue weighted by molar-refractivity contribution is -0.118. The van der Waals surface area contributed by atoms with Crippen LogP contribution in [0.4, 0.5) is 10.1 Å². The molecule has 0 bridgehead atoms. The number of para-hydroxylation sites is 1. The molecule has 144 valence electrons. The van der Waals surface area contributed by atoms with Gasteiger partial charge in [0, 0.05) is 12.2 Å². The van der Waals surface area contributed by atoms with E-state index in [1.54, 1.807) is 18.2 Å². The molecule has 0 fully saturated rings. The van der Waals surface area contributed by atoms with E-state index in [4.69, 9.17) is 4.74 Å². The largest absolute Gasteiger partial charge is 0.489 e. The van der Waals surface area contributed by atoms with E-state index in [0.29, 0.717) is 6.54 Å². The number of carbonyl (C=O) groups is 1. The van der Waals surface area contributed by atoms with E-state index in [1.165, 1.54) is 6.07 Å². The second kappa shape index (κ2) is 9.67. The van der Waals surface area contributed by atoms with Crippen LogP contribution in [-0.4, -0.2) is 19.1 Å². The summed E-state index contributed by atoms with van der Waals surface area (Å²) < 4.78 is 19.1. The van der Waals surface area contributed by atoms with Crippen LogP contribution in [0, 0.1) is 12.7 Å². The fourth-order valence-corrected chi connectivity index (χ4v) is 2.78. The lowest BCUT2D eigenvalue weighted by Crippen LogP contribution is -2.35. The number of anilines is 1. The Morgan fingerprint density at radius 2 is 1.64 bits per heavy atom. The zero-order valence-corrected chi connectivity index (χ0v) is 15.7. The third-order valence-electron chi connectivity index (χ3n) is 4.26. The first-order chi connectivity index (χ1) is 13.6. The Bertz CT molecular complexity index is 898. The predicted molar refractivity (Wildman–Crippen MR) is 109 cm³/mol. The van der Waals surface area contributed by atoms with Crippen molar-refractivity contribution in [3.8, 4) is 5.75 Å². The van der Waals surface area contributed by atoms with Crippen LogP contribution in [0.1, 0.15) is 17.2 Å². The molecule has 5 heteroatoms. The first-order valence-corrected chi connectivity index (χ1v) is 9.16. The quantitative estimate of drug-likeness (QED) is 0.568. The maximum atomic E-state index is 13.6. The normalized spacial score (nSPS) is 11.6. The van der Waals surface area contributed by atoms with Crippen molar-refractivity contribution >= 4 is 11.6 Å². The highest BCUT2D eigenvalue weighted by molar-refractivity contribution is 5.95. The number of ether oxygens (including phenoxy) is 1. The number of rotatable bonds is 8. The number of hydrogen-bond acceptors (Lipinski definition) is 3. The minimum atomic E-state index is -0.549. The summed E-state index contributed by atoms with van der Waals surface area (Å²) in [5, 5.41) is 6.13. The fourth-order valence-electron chi connectivity index (χ4n) is 2.78. The molecule has 0 aliphatic heterocycles. The molecular formula is C23H23FN2O2. The van der Waals surface area contributed by atoms with Gasteiger partial charge < -0.3 is 10.1 Å². The van der Waals surface area contributed by atoms with Crippen LogP contribution in [0.2, 0.25) is 0 Å². The van der Waals surface area contributed by atoms with E-state index in [0.717, 1.165) is 16.8 Å². The van der Waals surface area contributed by atoms with Crippen LogP contribution < -0.4 is 15.4 Å². The number of benzene rings is 3. The van der Waals surface area contributed by atoms with Crippen LogP contribution >= 0.6 is 0 Å². The van der Waals surface area contributed by atoms with Crippen molar-refractivity contribution < 1.29 is 13.9 Å². The van der Waals surface area contributed by atoms with E-state index in [-0.39, 0.29) is 18.3 Å². The molecule has 0 saturated heterocycles. The third kappa shape index (κ3) is 5.41. The minimum Gasteiger partial charge on any atom is -0.489 e. The van der Waals surface area contributed by atoms with E-state index >= 15 is 0 Å². The molecule has 4 nitrogen and oxygen atoms in total. The van der Waals surface area contributed by atoms with E-state index in [2.05, 4.69) is 10.6 Å². The van der Waals surface area contributed by atoms with Crippen LogP contribution in [0.5, 0.6) is 5.75 Å². The van der Waals surface area contributed by atoms with Gasteiger partial charge in [0.15, 0.2) is 11.6 Å². The second-order valence-corrected chi connectivity index (χ2v) is 6.43. The van der Waals surface area contributed by atoms with Crippen LogP contribution in [-0.2, 0) is 4.79 Å². The average Bonchev–Trinajstić information content (AvgIpc) is 2.71. The van der Waals surface area contributed by atoms with Crippen LogP contribution in [0.3, 0.4) is 0 Å². The van der Waals surface area contributed by atoms with Gasteiger partial charge in [0.1, 0.15) is 12.6 Å². The van der Waals surface area contributed by atoms with Gasteiger partial charge in [-0.05, 0) is 36.8 Å². The number of halogens is 1. The van der Waals surface area contributed by atoms with Crippen molar-refractivity contribution in [1.82, 2.24) is 5.32 Å². The zero-order chi connectivity index (χ0) is 19.8. The standard InChI is InChI=1S/C23H23FN2O2/c1-17-11-13-19(14-12-17)26-23(27)22(18-7-3-2-4-8-18)25-15-16-28-21-10-6-5-9-20(21)24/h2-14,22,25H,15-16H2,1H3,(H,26,27). The van der Waals surface area contributed by atoms with Gasteiger partial charge in [-0.2, -0.15) is 0 Å². The molecule has 0 aliphatic rings. The summed E-state index contributed by atoms with van der Waals surface area (Å²) in [6.07, 6.45) is 0. The smallest absolute Gasteiger partial charge is 0.246 e. The average molecular weight is 378 g/mol. The predicted octanol–water partition coefficient (Wildman–Crippen LogP) is 4.48. The summed E-state index contributed by atoms with van der Waals surface area (Å²) in [5.74, 6) is -0.371. The van der Waals surface area contributed by atoms with Crippen molar-refractivity contribution in [3.63, 3.8) is 0 Å². The number of aryl methyl sites for hydroxylation is 1. The highest BCUT2D eigenvalue weighted by Crippen LogP contribution is 2.17. The maximum Gasteiger partial charge on any atom is 0.246 e. The Kier molecular flexibility index (Phi) is 6.76. The van der Waals surface area contributed by atoms with Gasteiger partial charge in [-0.15, -0.1) is 0 Å². The first-order valence-electron chi connectivity index (χ1n) is 9.16. The molecule has 3 aromatic rings. The molecular weight excluding hydrogens is 355 g/mol. The Morgan fingerprint density at radius 3 is 2.36 bits per heavy atom. The molecule has 0 heterocycles. The van der Waals surface area contributed by atoms with Crippen LogP contribution in [0.25, 0.3) is 0 Å². The third-order valence-corrected chi connectivity index (χ3v) is 4.26. The topological polar surface area (TPSA) is 50.4 Å². The Balaban J connectivity index is 1.63. The molecule has 3 aromatic carbocycles. The lowest BCUT2D eigenvalue weighted by Gasteiger charge is -2.19. The summed E-state index contributed by atoms with van der Waals surface area (Å²) >= 11 is 0. The van der Waals surface area contributed by atoms with Gasteiger partial charge in [0.25, 0.3) is 0 Å². The van der Waals surface area contributed by atoms with E-state index in [1.807, 2.05) is 61.5 Å². The molecule has 0 radical (unpaired) electrons. The molecule has 2 N–H and O–H groups in total. The van der Waals surface area contributed by atoms with Crippen molar-refractivity contribution in [3.05, 3.63) is 95.8 Å². The highest BCUT2D eigenvalue weighted by Gasteiger charge is 2.20. The maximum absolute atomic E-state index is 13.6. The number of amides is 1. The van der Waals surface area contributed by atoms with Gasteiger partial charge in [-0.1, -0.05) is 60.2 Å². The van der Waals surface area contributed by atoms with Gasteiger partial charge in [-0.25, -0.2) is 4.39 Å². The summed E-state index contributed by atoms with van der Waals surface area (Å²) in [6, 6.07) is 22.8. The number of nitrogens with one attached hydrogen (secondary N) is 2. The van der Waals surface area contributed by atoms with Gasteiger partial charge >= 0.3 is 0 Å². The molecule has 0 aromatic heterocycles. The van der Waals surface area contributed by atoms with Gasteiger partial charge in [0.05, 0.1) is 0 Å². The SMILES string of the molecule is Cc1ccc(NC(=O)C(NCCOc2ccccc2F)c2ccccc2)cc1. The first kappa shape index (κ1) is 19.6. The van der Waals surface area contributed by atoms with Crippen molar-refractivity contribution in [2.45, 2.75) is 13.0 Å². The number of hydrogen-bond donors (Lipinski definition) is 2. The zero-order valence-electron chi connectivity index (χ0n) is 15.7. The molecule has 0 saturated carbocycles. The van der Waals surface area contributed by atoms with E-state index in [9.17, 15) is 9.18 Å². The molecule has 1 amide bonds. The summed E-state index contributed by atoms with van der Waals surface area (Å²) in [7, 11) is 0. The Hall–Kier alpha value is -3.18. The second-order valence-electron chi connectivity index (χ2n) is 6.43. The monoisotopic (exact) mass is 378 g/mol.